The van der Waals surface area contributed by atoms with Gasteiger partial charge in [0.05, 0.1) is 0 Å². The van der Waals surface area contributed by atoms with Crippen LogP contribution in [0.3, 0.4) is 0 Å². The van der Waals surface area contributed by atoms with E-state index in [1.54, 1.807) is 0 Å². The Morgan fingerprint density at radius 3 is 1.33 bits per heavy atom. The Kier molecular flexibility index (Phi) is 7.80. The summed E-state index contributed by atoms with van der Waals surface area (Å²) in [5, 5.41) is 0. The van der Waals surface area contributed by atoms with Gasteiger partial charge in [0, 0.05) is 0 Å². The maximum Gasteiger partial charge on any atom is -0.116 e. The van der Waals surface area contributed by atoms with Gasteiger partial charge in [0.2, 0.25) is 0 Å². The molecule has 0 aromatic rings. The maximum atomic E-state index is 9.25. The van der Waals surface area contributed by atoms with Crippen molar-refractivity contribution >= 4 is 27.0 Å². The molecule has 0 spiro atoms. The zero-order chi connectivity index (χ0) is 8.08. The molecule has 0 amide bonds. The highest BCUT2D eigenvalue weighted by Crippen LogP contribution is 2.05. The summed E-state index contributed by atoms with van der Waals surface area (Å²) in [7, 11) is -2.62. The summed E-state index contributed by atoms with van der Waals surface area (Å²) < 4.78 is 0. The topological polar surface area (TPSA) is 144 Å². The largest absolute Gasteiger partial charge is 0.830 e. The minimum absolute atomic E-state index is 2.62. The van der Waals surface area contributed by atoms with E-state index in [0.717, 1.165) is 0 Å². The van der Waals surface area contributed by atoms with E-state index in [-0.39, 0.29) is 0 Å². The van der Waals surface area contributed by atoms with Crippen molar-refractivity contribution in [2.45, 2.75) is 0 Å². The van der Waals surface area contributed by atoms with Crippen LogP contribution >= 0.6 is 15.2 Å². The van der Waals surface area contributed by atoms with Crippen LogP contribution < -0.4 is 30.6 Å². The van der Waals surface area contributed by atoms with E-state index in [9.17, 15) is 9.79 Å². The van der Waals surface area contributed by atoms with Crippen LogP contribution in [-0.2, 0) is 11.8 Å². The molecular formula is H4N2O4P2S-4. The summed E-state index contributed by atoms with van der Waals surface area (Å²) in [6.07, 6.45) is 0. The van der Waals surface area contributed by atoms with Crippen LogP contribution in [-0.4, -0.2) is 0 Å². The van der Waals surface area contributed by atoms with Gasteiger partial charge in [-0.3, -0.25) is 0 Å². The van der Waals surface area contributed by atoms with E-state index in [1.165, 1.54) is 0 Å². The van der Waals surface area contributed by atoms with Crippen LogP contribution in [0.5, 0.6) is 0 Å². The number of rotatable bonds is 0. The fourth-order valence-electron chi connectivity index (χ4n) is 0. The lowest BCUT2D eigenvalue weighted by molar-refractivity contribution is -0.295. The third-order valence-corrected chi connectivity index (χ3v) is 0. The van der Waals surface area contributed by atoms with Crippen molar-refractivity contribution in [2.24, 2.45) is 11.0 Å². The number of hydrogen-bond donors (Lipinski definition) is 2. The molecule has 0 radical (unpaired) electrons. The van der Waals surface area contributed by atoms with Gasteiger partial charge in [-0.1, -0.05) is 0 Å². The molecule has 4 N–H and O–H groups in total. The second-order valence-corrected chi connectivity index (χ2v) is 4.00. The zero-order valence-electron chi connectivity index (χ0n) is 4.09. The van der Waals surface area contributed by atoms with E-state index in [4.69, 9.17) is 9.79 Å². The Balaban J connectivity index is 0. The molecule has 0 aromatic carbocycles. The van der Waals surface area contributed by atoms with Gasteiger partial charge >= 0.3 is 0 Å². The van der Waals surface area contributed by atoms with Crippen LogP contribution in [0.4, 0.5) is 0 Å². The highest BCUT2D eigenvalue weighted by Gasteiger charge is 1.53. The summed E-state index contributed by atoms with van der Waals surface area (Å²) in [6, 6.07) is 0. The Hall–Kier alpha value is 0.840. The van der Waals surface area contributed by atoms with Crippen LogP contribution in [0, 0.1) is 0 Å². The van der Waals surface area contributed by atoms with Crippen molar-refractivity contribution in [1.29, 1.82) is 0 Å². The first-order valence-electron chi connectivity index (χ1n) is 1.43. The maximum absolute atomic E-state index is 9.25. The van der Waals surface area contributed by atoms with Crippen molar-refractivity contribution in [3.63, 3.8) is 0 Å². The van der Waals surface area contributed by atoms with Gasteiger partial charge in [-0.05, 0) is 0 Å². The second-order valence-electron chi connectivity index (χ2n) is 0.825. The van der Waals surface area contributed by atoms with E-state index in [1.807, 2.05) is 0 Å². The van der Waals surface area contributed by atoms with E-state index >= 15 is 0 Å². The minimum atomic E-state index is -3.81. The van der Waals surface area contributed by atoms with Crippen molar-refractivity contribution in [2.75, 3.05) is 0 Å². The molecule has 0 aliphatic carbocycles. The molecule has 0 atom stereocenters. The zero-order valence-corrected chi connectivity index (χ0v) is 6.70. The van der Waals surface area contributed by atoms with Gasteiger partial charge < -0.3 is 30.6 Å². The fourth-order valence-corrected chi connectivity index (χ4v) is 0. The van der Waals surface area contributed by atoms with Gasteiger partial charge in [0.15, 0.2) is 0 Å². The van der Waals surface area contributed by atoms with Gasteiger partial charge in [-0.2, -0.15) is 6.64 Å². The molecule has 0 bridgehead atoms. The molecule has 0 aliphatic rings. The lowest BCUT2D eigenvalue weighted by atomic mass is 13.9. The number of nitrogens with two attached hydrogens (primary N) is 2. The van der Waals surface area contributed by atoms with Crippen molar-refractivity contribution in [3.05, 3.63) is 0 Å². The molecule has 9 heavy (non-hydrogen) atoms. The lowest BCUT2D eigenvalue weighted by Gasteiger charge is -2.27. The predicted molar refractivity (Wildman–Crippen MR) is 29.6 cm³/mol. The van der Waals surface area contributed by atoms with Crippen LogP contribution in [0.25, 0.3) is 0 Å². The Bertz CT molecular complexity index is 87.7. The van der Waals surface area contributed by atoms with E-state index < -0.39 is 15.2 Å². The molecule has 0 aliphatic heterocycles. The van der Waals surface area contributed by atoms with Crippen LogP contribution in [0.2, 0.25) is 0 Å². The number of hydrogen-bond acceptors (Lipinski definition) is 6. The highest BCUT2D eigenvalue weighted by atomic mass is 32.5. The molecule has 0 unspecified atom stereocenters. The molecule has 9 heteroatoms. The molecule has 0 rings (SSSR count). The average Bonchev–Trinajstić information content (AvgIpc) is 1.19. The Labute approximate surface area is 58.3 Å². The molecule has 0 aromatic heterocycles. The quantitative estimate of drug-likeness (QED) is 0.368. The molecule has 0 fully saturated rings. The van der Waals surface area contributed by atoms with Gasteiger partial charge in [0.1, 0.15) is 0 Å². The Morgan fingerprint density at radius 2 is 1.33 bits per heavy atom. The van der Waals surface area contributed by atoms with Crippen molar-refractivity contribution in [3.8, 4) is 0 Å². The predicted octanol–water partition coefficient (Wildman–Crippen LogP) is -4.22. The SMILES string of the molecule is NP([O-])([O-])=S.NP([O-])[O-]. The second kappa shape index (κ2) is 5.61. The lowest BCUT2D eigenvalue weighted by Crippen LogP contribution is -2.20. The third-order valence-electron chi connectivity index (χ3n) is 0. The minimum Gasteiger partial charge on any atom is -0.830 e. The normalized spacial score (nSPS) is 10.6. The Morgan fingerprint density at radius 1 is 1.33 bits per heavy atom. The van der Waals surface area contributed by atoms with Crippen LogP contribution in [0.1, 0.15) is 0 Å². The monoisotopic (exact) mass is 190 g/mol. The first-order chi connectivity index (χ1) is 3.73. The molecule has 0 saturated heterocycles. The van der Waals surface area contributed by atoms with E-state index in [2.05, 4.69) is 22.8 Å². The van der Waals surface area contributed by atoms with Gasteiger partial charge in [-0.25, -0.2) is 8.53 Å². The summed E-state index contributed by atoms with van der Waals surface area (Å²) >= 11 is 3.60. The fraction of sp³-hybridized carbons (Fsp3) is 0. The third kappa shape index (κ3) is 586. The molecule has 0 heterocycles. The van der Waals surface area contributed by atoms with Crippen LogP contribution in [0.15, 0.2) is 0 Å². The summed E-state index contributed by atoms with van der Waals surface area (Å²) in [6.45, 7) is -3.81. The van der Waals surface area contributed by atoms with E-state index in [0.29, 0.717) is 0 Å². The standard InChI is InChI=1S/H4NO2PS.H2NO2P/c1-4(2,3)5;1-4(2)3/h(H4,1,2,3,5);1H2/q;-2/p-2. The molecule has 6 nitrogen and oxygen atoms in total. The molecule has 0 saturated carbocycles. The average molecular weight is 190 g/mol. The van der Waals surface area contributed by atoms with Gasteiger partial charge in [0.25, 0.3) is 0 Å². The first-order valence-corrected chi connectivity index (χ1v) is 5.38. The first kappa shape index (κ1) is 12.5. The highest BCUT2D eigenvalue weighted by molar-refractivity contribution is 8.06. The van der Waals surface area contributed by atoms with Crippen molar-refractivity contribution in [1.82, 2.24) is 0 Å². The molecule has 58 valence electrons. The summed E-state index contributed by atoms with van der Waals surface area (Å²) in [5.74, 6) is 0. The molecular weight excluding hydrogens is 186 g/mol. The smallest absolute Gasteiger partial charge is 0.116 e. The van der Waals surface area contributed by atoms with Gasteiger partial charge in [-0.15, -0.1) is 11.8 Å². The summed E-state index contributed by atoms with van der Waals surface area (Å²) in [5.41, 5.74) is 8.23. The summed E-state index contributed by atoms with van der Waals surface area (Å²) in [4.78, 5) is 36.1. The van der Waals surface area contributed by atoms with Crippen molar-refractivity contribution < 1.29 is 19.6 Å².